The SMILES string of the molecule is Cl.O=[N+]([O-])c1cccc(CNCc2ccccc2)c1. The Morgan fingerprint density at radius 2 is 1.58 bits per heavy atom. The van der Waals surface area contributed by atoms with E-state index in [9.17, 15) is 10.1 Å². The Balaban J connectivity index is 0.00000180. The summed E-state index contributed by atoms with van der Waals surface area (Å²) >= 11 is 0. The predicted octanol–water partition coefficient (Wildman–Crippen LogP) is 3.31. The molecule has 0 fully saturated rings. The summed E-state index contributed by atoms with van der Waals surface area (Å²) in [5, 5.41) is 13.9. The lowest BCUT2D eigenvalue weighted by Gasteiger charge is -2.04. The van der Waals surface area contributed by atoms with Crippen molar-refractivity contribution in [2.24, 2.45) is 0 Å². The van der Waals surface area contributed by atoms with Crippen LogP contribution in [0.15, 0.2) is 54.6 Å². The molecule has 0 aliphatic carbocycles. The van der Waals surface area contributed by atoms with Gasteiger partial charge in [0.05, 0.1) is 4.92 Å². The molecule has 2 aromatic rings. The Kier molecular flexibility index (Phi) is 5.99. The summed E-state index contributed by atoms with van der Waals surface area (Å²) < 4.78 is 0. The van der Waals surface area contributed by atoms with Crippen LogP contribution in [0.25, 0.3) is 0 Å². The van der Waals surface area contributed by atoms with Gasteiger partial charge in [0.2, 0.25) is 0 Å². The van der Waals surface area contributed by atoms with Crippen LogP contribution in [-0.2, 0) is 13.1 Å². The van der Waals surface area contributed by atoms with E-state index in [0.717, 1.165) is 12.1 Å². The predicted molar refractivity (Wildman–Crippen MR) is 77.3 cm³/mol. The van der Waals surface area contributed by atoms with Crippen molar-refractivity contribution >= 4 is 18.1 Å². The molecule has 0 saturated heterocycles. The second-order valence-corrected chi connectivity index (χ2v) is 4.02. The minimum atomic E-state index is -0.374. The average Bonchev–Trinajstić information content (AvgIpc) is 2.40. The summed E-state index contributed by atoms with van der Waals surface area (Å²) in [4.78, 5) is 10.3. The van der Waals surface area contributed by atoms with E-state index in [1.54, 1.807) is 12.1 Å². The topological polar surface area (TPSA) is 55.2 Å². The monoisotopic (exact) mass is 278 g/mol. The smallest absolute Gasteiger partial charge is 0.269 e. The summed E-state index contributed by atoms with van der Waals surface area (Å²) in [5.74, 6) is 0. The Hall–Kier alpha value is -1.91. The van der Waals surface area contributed by atoms with Gasteiger partial charge in [0.25, 0.3) is 5.69 Å². The Morgan fingerprint density at radius 3 is 2.26 bits per heavy atom. The van der Waals surface area contributed by atoms with Crippen LogP contribution in [0, 0.1) is 10.1 Å². The molecule has 0 aliphatic rings. The van der Waals surface area contributed by atoms with Crippen LogP contribution in [0.3, 0.4) is 0 Å². The van der Waals surface area contributed by atoms with Crippen molar-refractivity contribution in [1.29, 1.82) is 0 Å². The number of hydrogen-bond donors (Lipinski definition) is 1. The minimum absolute atomic E-state index is 0. The van der Waals surface area contributed by atoms with E-state index >= 15 is 0 Å². The molecular formula is C14H15ClN2O2. The van der Waals surface area contributed by atoms with Crippen LogP contribution in [-0.4, -0.2) is 4.92 Å². The second-order valence-electron chi connectivity index (χ2n) is 4.02. The molecule has 0 bridgehead atoms. The number of rotatable bonds is 5. The van der Waals surface area contributed by atoms with Crippen molar-refractivity contribution in [3.8, 4) is 0 Å². The number of non-ortho nitro benzene ring substituents is 1. The lowest BCUT2D eigenvalue weighted by molar-refractivity contribution is -0.384. The first kappa shape index (κ1) is 15.1. The number of nitro groups is 1. The van der Waals surface area contributed by atoms with Crippen LogP contribution in [0.2, 0.25) is 0 Å². The molecule has 0 spiro atoms. The van der Waals surface area contributed by atoms with Crippen LogP contribution in [0.1, 0.15) is 11.1 Å². The number of nitrogens with one attached hydrogen (secondary N) is 1. The van der Waals surface area contributed by atoms with E-state index in [1.807, 2.05) is 36.4 Å². The molecule has 2 aromatic carbocycles. The molecule has 2 rings (SSSR count). The van der Waals surface area contributed by atoms with E-state index in [1.165, 1.54) is 11.6 Å². The molecule has 0 aromatic heterocycles. The summed E-state index contributed by atoms with van der Waals surface area (Å²) in [7, 11) is 0. The van der Waals surface area contributed by atoms with Crippen molar-refractivity contribution in [2.45, 2.75) is 13.1 Å². The molecule has 0 saturated carbocycles. The molecule has 1 N–H and O–H groups in total. The molecule has 0 heterocycles. The Bertz CT molecular complexity index is 532. The first-order chi connectivity index (χ1) is 8.75. The molecule has 100 valence electrons. The highest BCUT2D eigenvalue weighted by Gasteiger charge is 2.04. The average molecular weight is 279 g/mol. The highest BCUT2D eigenvalue weighted by Crippen LogP contribution is 2.12. The van der Waals surface area contributed by atoms with Crippen LogP contribution < -0.4 is 5.32 Å². The standard InChI is InChI=1S/C14H14N2O2.ClH/c17-16(18)14-8-4-7-13(9-14)11-15-10-12-5-2-1-3-6-12;/h1-9,15H,10-11H2;1H. The van der Waals surface area contributed by atoms with E-state index in [2.05, 4.69) is 5.32 Å². The Labute approximate surface area is 118 Å². The van der Waals surface area contributed by atoms with Gasteiger partial charge in [0.1, 0.15) is 0 Å². The number of benzene rings is 2. The molecule has 0 unspecified atom stereocenters. The van der Waals surface area contributed by atoms with Crippen molar-refractivity contribution in [3.63, 3.8) is 0 Å². The fraction of sp³-hybridized carbons (Fsp3) is 0.143. The third-order valence-corrected chi connectivity index (χ3v) is 2.62. The molecule has 0 aliphatic heterocycles. The van der Waals surface area contributed by atoms with Crippen molar-refractivity contribution in [2.75, 3.05) is 0 Å². The fourth-order valence-electron chi connectivity index (χ4n) is 1.73. The van der Waals surface area contributed by atoms with Crippen LogP contribution >= 0.6 is 12.4 Å². The molecule has 0 amide bonds. The number of hydrogen-bond acceptors (Lipinski definition) is 3. The van der Waals surface area contributed by atoms with Gasteiger partial charge in [0, 0.05) is 25.2 Å². The maximum absolute atomic E-state index is 10.6. The minimum Gasteiger partial charge on any atom is -0.309 e. The summed E-state index contributed by atoms with van der Waals surface area (Å²) in [6.45, 7) is 1.38. The zero-order valence-electron chi connectivity index (χ0n) is 10.3. The van der Waals surface area contributed by atoms with Gasteiger partial charge in [-0.05, 0) is 11.1 Å². The largest absolute Gasteiger partial charge is 0.309 e. The number of halogens is 1. The zero-order chi connectivity index (χ0) is 12.8. The maximum atomic E-state index is 10.6. The summed E-state index contributed by atoms with van der Waals surface area (Å²) in [5.41, 5.74) is 2.25. The van der Waals surface area contributed by atoms with Gasteiger partial charge in [-0.15, -0.1) is 12.4 Å². The molecular weight excluding hydrogens is 264 g/mol. The van der Waals surface area contributed by atoms with Gasteiger partial charge in [-0.1, -0.05) is 42.5 Å². The van der Waals surface area contributed by atoms with Crippen molar-refractivity contribution < 1.29 is 4.92 Å². The first-order valence-corrected chi connectivity index (χ1v) is 5.74. The van der Waals surface area contributed by atoms with Crippen molar-refractivity contribution in [1.82, 2.24) is 5.32 Å². The van der Waals surface area contributed by atoms with Crippen LogP contribution in [0.5, 0.6) is 0 Å². The third-order valence-electron chi connectivity index (χ3n) is 2.62. The molecule has 0 atom stereocenters. The maximum Gasteiger partial charge on any atom is 0.269 e. The van der Waals surface area contributed by atoms with Crippen LogP contribution in [0.4, 0.5) is 5.69 Å². The van der Waals surface area contributed by atoms with Gasteiger partial charge in [0.15, 0.2) is 0 Å². The van der Waals surface area contributed by atoms with Gasteiger partial charge in [-0.2, -0.15) is 0 Å². The molecule has 0 radical (unpaired) electrons. The van der Waals surface area contributed by atoms with E-state index in [-0.39, 0.29) is 23.0 Å². The normalized spacial score (nSPS) is 9.68. The third kappa shape index (κ3) is 4.69. The molecule has 19 heavy (non-hydrogen) atoms. The van der Waals surface area contributed by atoms with E-state index < -0.39 is 0 Å². The van der Waals surface area contributed by atoms with E-state index in [4.69, 9.17) is 0 Å². The lowest BCUT2D eigenvalue weighted by Crippen LogP contribution is -2.12. The van der Waals surface area contributed by atoms with Gasteiger partial charge >= 0.3 is 0 Å². The lowest BCUT2D eigenvalue weighted by atomic mass is 10.2. The molecule has 4 nitrogen and oxygen atoms in total. The van der Waals surface area contributed by atoms with Crippen molar-refractivity contribution in [3.05, 3.63) is 75.8 Å². The summed E-state index contributed by atoms with van der Waals surface area (Å²) in [6, 6.07) is 16.7. The second kappa shape index (κ2) is 7.51. The highest BCUT2D eigenvalue weighted by molar-refractivity contribution is 5.85. The van der Waals surface area contributed by atoms with E-state index in [0.29, 0.717) is 6.54 Å². The quantitative estimate of drug-likeness (QED) is 0.674. The first-order valence-electron chi connectivity index (χ1n) is 5.74. The number of nitro benzene ring substituents is 1. The Morgan fingerprint density at radius 1 is 0.947 bits per heavy atom. The van der Waals surface area contributed by atoms with Gasteiger partial charge in [-0.25, -0.2) is 0 Å². The number of nitrogens with zero attached hydrogens (tertiary/aromatic N) is 1. The van der Waals surface area contributed by atoms with Gasteiger partial charge < -0.3 is 5.32 Å². The highest BCUT2D eigenvalue weighted by atomic mass is 35.5. The molecule has 5 heteroatoms. The summed E-state index contributed by atoms with van der Waals surface area (Å²) in [6.07, 6.45) is 0. The van der Waals surface area contributed by atoms with Gasteiger partial charge in [-0.3, -0.25) is 10.1 Å². The zero-order valence-corrected chi connectivity index (χ0v) is 11.1. The fourth-order valence-corrected chi connectivity index (χ4v) is 1.73.